The third-order valence-corrected chi connectivity index (χ3v) is 6.52. The summed E-state index contributed by atoms with van der Waals surface area (Å²) in [6, 6.07) is 13.6. The molecule has 37 heavy (non-hydrogen) atoms. The molecule has 1 amide bonds. The first-order valence-electron chi connectivity index (χ1n) is 12.1. The highest BCUT2D eigenvalue weighted by Gasteiger charge is 2.25. The van der Waals surface area contributed by atoms with Crippen LogP contribution < -0.4 is 20.5 Å². The van der Waals surface area contributed by atoms with Gasteiger partial charge in [0.2, 0.25) is 0 Å². The lowest BCUT2D eigenvalue weighted by molar-refractivity contribution is 0.102. The van der Waals surface area contributed by atoms with Gasteiger partial charge in [0.25, 0.3) is 11.5 Å². The lowest BCUT2D eigenvalue weighted by Crippen LogP contribution is -2.39. The molecule has 0 bridgehead atoms. The molecular formula is C28H28F2N4O3. The van der Waals surface area contributed by atoms with Crippen molar-refractivity contribution in [3.8, 4) is 11.8 Å². The molecule has 9 heteroatoms. The Morgan fingerprint density at radius 2 is 1.84 bits per heavy atom. The number of hydrogen-bond donors (Lipinski definition) is 1. The van der Waals surface area contributed by atoms with Gasteiger partial charge in [0, 0.05) is 44.7 Å². The number of anilines is 2. The molecule has 4 rings (SSSR count). The summed E-state index contributed by atoms with van der Waals surface area (Å²) in [5.41, 5.74) is 1.92. The molecule has 0 saturated carbocycles. The SMILES string of the molecule is CC(C)c1ccc(C(=O)Nc2cc(C#N)ccc2N2CCC(Oc3ccc(F)cc3F)CC2)c(=O)n1C. The molecule has 0 spiro atoms. The van der Waals surface area contributed by atoms with Gasteiger partial charge in [0.05, 0.1) is 23.0 Å². The van der Waals surface area contributed by atoms with Crippen molar-refractivity contribution in [3.05, 3.63) is 87.3 Å². The van der Waals surface area contributed by atoms with Crippen molar-refractivity contribution in [1.82, 2.24) is 4.57 Å². The van der Waals surface area contributed by atoms with E-state index >= 15 is 0 Å². The number of nitrogens with one attached hydrogen (secondary N) is 1. The number of carbonyl (C=O) groups is 1. The van der Waals surface area contributed by atoms with Gasteiger partial charge in [0.15, 0.2) is 11.6 Å². The van der Waals surface area contributed by atoms with Crippen molar-refractivity contribution in [2.75, 3.05) is 23.3 Å². The van der Waals surface area contributed by atoms with Gasteiger partial charge in [-0.15, -0.1) is 0 Å². The number of amides is 1. The number of carbonyl (C=O) groups excluding carboxylic acids is 1. The fourth-order valence-electron chi connectivity index (χ4n) is 4.54. The molecule has 1 N–H and O–H groups in total. The highest BCUT2D eigenvalue weighted by atomic mass is 19.1. The van der Waals surface area contributed by atoms with Crippen molar-refractivity contribution in [3.63, 3.8) is 0 Å². The van der Waals surface area contributed by atoms with E-state index in [1.807, 2.05) is 18.7 Å². The molecule has 2 aromatic carbocycles. The minimum absolute atomic E-state index is 0.00800. The average Bonchev–Trinajstić information content (AvgIpc) is 2.87. The third kappa shape index (κ3) is 5.64. The summed E-state index contributed by atoms with van der Waals surface area (Å²) in [5, 5.41) is 12.2. The maximum Gasteiger partial charge on any atom is 0.263 e. The fraction of sp³-hybridized carbons (Fsp3) is 0.321. The van der Waals surface area contributed by atoms with Gasteiger partial charge < -0.3 is 19.5 Å². The van der Waals surface area contributed by atoms with Crippen LogP contribution in [0, 0.1) is 23.0 Å². The monoisotopic (exact) mass is 506 g/mol. The Balaban J connectivity index is 1.52. The van der Waals surface area contributed by atoms with Crippen molar-refractivity contribution in [2.45, 2.75) is 38.7 Å². The van der Waals surface area contributed by atoms with E-state index < -0.39 is 23.1 Å². The topological polar surface area (TPSA) is 87.4 Å². The van der Waals surface area contributed by atoms with Crippen molar-refractivity contribution < 1.29 is 18.3 Å². The number of benzene rings is 2. The molecule has 1 aromatic heterocycles. The molecule has 192 valence electrons. The van der Waals surface area contributed by atoms with Crippen LogP contribution in [0.4, 0.5) is 20.2 Å². The summed E-state index contributed by atoms with van der Waals surface area (Å²) >= 11 is 0. The highest BCUT2D eigenvalue weighted by molar-refractivity contribution is 6.05. The molecule has 1 aliphatic heterocycles. The van der Waals surface area contributed by atoms with Gasteiger partial charge in [-0.2, -0.15) is 5.26 Å². The average molecular weight is 507 g/mol. The molecule has 7 nitrogen and oxygen atoms in total. The van der Waals surface area contributed by atoms with E-state index in [2.05, 4.69) is 11.4 Å². The van der Waals surface area contributed by atoms with E-state index in [1.54, 1.807) is 31.3 Å². The summed E-state index contributed by atoms with van der Waals surface area (Å²) in [6.07, 6.45) is 0.887. The zero-order valence-electron chi connectivity index (χ0n) is 20.9. The van der Waals surface area contributed by atoms with Crippen LogP contribution in [0.3, 0.4) is 0 Å². The van der Waals surface area contributed by atoms with Crippen molar-refractivity contribution >= 4 is 17.3 Å². The number of pyridine rings is 1. The van der Waals surface area contributed by atoms with Crippen molar-refractivity contribution in [1.29, 1.82) is 5.26 Å². The molecule has 1 fully saturated rings. The van der Waals surface area contributed by atoms with Gasteiger partial charge in [-0.1, -0.05) is 13.8 Å². The number of aromatic nitrogens is 1. The summed E-state index contributed by atoms with van der Waals surface area (Å²) in [5.74, 6) is -1.83. The van der Waals surface area contributed by atoms with Crippen LogP contribution in [0.25, 0.3) is 0 Å². The standard InChI is InChI=1S/C28H28F2N4O3/c1-17(2)24-8-6-21(28(36)33(24)3)27(35)32-23-14-18(16-31)4-7-25(23)34-12-10-20(11-13-34)37-26-9-5-19(29)15-22(26)30/h4-9,14-15,17,20H,10-13H2,1-3H3,(H,32,35). The molecule has 2 heterocycles. The van der Waals surface area contributed by atoms with E-state index in [0.29, 0.717) is 42.9 Å². The minimum atomic E-state index is -0.743. The first kappa shape index (κ1) is 25.9. The van der Waals surface area contributed by atoms with E-state index in [4.69, 9.17) is 4.74 Å². The second kappa shape index (κ2) is 10.8. The summed E-state index contributed by atoms with van der Waals surface area (Å²) in [6.45, 7) is 5.04. The van der Waals surface area contributed by atoms with Crippen LogP contribution in [0.2, 0.25) is 0 Å². The summed E-state index contributed by atoms with van der Waals surface area (Å²) in [7, 11) is 1.64. The Hall–Kier alpha value is -4.19. The predicted molar refractivity (Wildman–Crippen MR) is 137 cm³/mol. The van der Waals surface area contributed by atoms with E-state index in [1.165, 1.54) is 16.7 Å². The third-order valence-electron chi connectivity index (χ3n) is 6.52. The van der Waals surface area contributed by atoms with Gasteiger partial charge in [-0.25, -0.2) is 8.78 Å². The molecule has 0 unspecified atom stereocenters. The fourth-order valence-corrected chi connectivity index (χ4v) is 4.54. The number of ether oxygens (including phenoxy) is 1. The first-order valence-corrected chi connectivity index (χ1v) is 12.1. The molecule has 0 radical (unpaired) electrons. The molecule has 0 aliphatic carbocycles. The number of piperidine rings is 1. The van der Waals surface area contributed by atoms with Crippen LogP contribution in [0.15, 0.2) is 53.3 Å². The molecular weight excluding hydrogens is 478 g/mol. The van der Waals surface area contributed by atoms with Gasteiger partial charge in [0.1, 0.15) is 17.5 Å². The normalized spacial score (nSPS) is 13.9. The van der Waals surface area contributed by atoms with Crippen LogP contribution in [0.1, 0.15) is 54.2 Å². The van der Waals surface area contributed by atoms with Gasteiger partial charge in [-0.05, 0) is 48.4 Å². The molecule has 1 saturated heterocycles. The van der Waals surface area contributed by atoms with Gasteiger partial charge in [-0.3, -0.25) is 9.59 Å². The number of hydrogen-bond acceptors (Lipinski definition) is 5. The lowest BCUT2D eigenvalue weighted by Gasteiger charge is -2.34. The van der Waals surface area contributed by atoms with E-state index in [9.17, 15) is 23.6 Å². The second-order valence-corrected chi connectivity index (χ2v) is 9.37. The largest absolute Gasteiger partial charge is 0.487 e. The van der Waals surface area contributed by atoms with Crippen LogP contribution in [-0.4, -0.2) is 29.7 Å². The van der Waals surface area contributed by atoms with Gasteiger partial charge >= 0.3 is 0 Å². The minimum Gasteiger partial charge on any atom is -0.487 e. The Labute approximate surface area is 213 Å². The highest BCUT2D eigenvalue weighted by Crippen LogP contribution is 2.31. The Bertz CT molecular complexity index is 1420. The quantitative estimate of drug-likeness (QED) is 0.511. The zero-order chi connectivity index (χ0) is 26.7. The Kier molecular flexibility index (Phi) is 7.58. The van der Waals surface area contributed by atoms with Crippen LogP contribution in [0.5, 0.6) is 5.75 Å². The Morgan fingerprint density at radius 3 is 2.49 bits per heavy atom. The zero-order valence-corrected chi connectivity index (χ0v) is 20.9. The first-order chi connectivity index (χ1) is 17.7. The maximum atomic E-state index is 14.0. The smallest absolute Gasteiger partial charge is 0.263 e. The van der Waals surface area contributed by atoms with Crippen molar-refractivity contribution in [2.24, 2.45) is 7.05 Å². The molecule has 3 aromatic rings. The summed E-state index contributed by atoms with van der Waals surface area (Å²) in [4.78, 5) is 28.0. The number of rotatable bonds is 6. The molecule has 0 atom stereocenters. The lowest BCUT2D eigenvalue weighted by atomic mass is 10.0. The van der Waals surface area contributed by atoms with Crippen LogP contribution >= 0.6 is 0 Å². The number of halogens is 2. The second-order valence-electron chi connectivity index (χ2n) is 9.37. The number of nitriles is 1. The van der Waals surface area contributed by atoms with E-state index in [0.717, 1.165) is 17.8 Å². The van der Waals surface area contributed by atoms with Crippen LogP contribution in [-0.2, 0) is 7.05 Å². The summed E-state index contributed by atoms with van der Waals surface area (Å²) < 4.78 is 34.4. The number of nitrogens with zero attached hydrogens (tertiary/aromatic N) is 3. The predicted octanol–water partition coefficient (Wildman–Crippen LogP) is 4.96. The Morgan fingerprint density at radius 1 is 1.11 bits per heavy atom. The molecule has 1 aliphatic rings. The van der Waals surface area contributed by atoms with E-state index in [-0.39, 0.29) is 23.3 Å². The maximum absolute atomic E-state index is 14.0.